The molecule has 1 amide bonds. The largest absolute Gasteiger partial charge is 0.454 e. The number of nitrogens with zero attached hydrogens (tertiary/aromatic N) is 2. The van der Waals surface area contributed by atoms with E-state index >= 15 is 0 Å². The quantitative estimate of drug-likeness (QED) is 0.134. The van der Waals surface area contributed by atoms with Crippen LogP contribution in [0.25, 0.3) is 0 Å². The summed E-state index contributed by atoms with van der Waals surface area (Å²) in [7, 11) is -1.54. The van der Waals surface area contributed by atoms with E-state index in [9.17, 15) is 9.59 Å². The molecule has 10 heteroatoms. The maximum absolute atomic E-state index is 12.8. The molecule has 1 N–H and O–H groups in total. The Balaban J connectivity index is 2.93. The molecule has 1 unspecified atom stereocenters. The third-order valence-electron chi connectivity index (χ3n) is 5.39. The predicted molar refractivity (Wildman–Crippen MR) is 154 cm³/mol. The number of alkyl carbamates (subject to hydrolysis) is 1. The minimum absolute atomic E-state index is 0.00182. The molecule has 1 aromatic rings. The molecule has 1 rings (SSSR count). The van der Waals surface area contributed by atoms with E-state index in [2.05, 4.69) is 50.7 Å². The normalized spacial score (nSPS) is 13.7. The Hall–Kier alpha value is -2.24. The van der Waals surface area contributed by atoms with Gasteiger partial charge in [-0.2, -0.15) is 5.26 Å². The maximum atomic E-state index is 12.8. The third kappa shape index (κ3) is 14.6. The Morgan fingerprint density at radius 2 is 1.64 bits per heavy atom. The van der Waals surface area contributed by atoms with E-state index in [-0.39, 0.29) is 55.7 Å². The van der Waals surface area contributed by atoms with E-state index < -0.39 is 26.7 Å². The van der Waals surface area contributed by atoms with E-state index in [0.717, 1.165) is 6.42 Å². The molecule has 39 heavy (non-hydrogen) atoms. The van der Waals surface area contributed by atoms with Crippen molar-refractivity contribution < 1.29 is 28.1 Å². The lowest BCUT2D eigenvalue weighted by Gasteiger charge is -2.36. The fraction of sp³-hybridized carbons (Fsp3) is 0.690. The first-order chi connectivity index (χ1) is 18.1. The fourth-order valence-electron chi connectivity index (χ4n) is 4.38. The van der Waals surface area contributed by atoms with Gasteiger partial charge in [0.05, 0.1) is 44.4 Å². The number of carbonyl (C=O) groups is 2. The van der Waals surface area contributed by atoms with Crippen LogP contribution in [0.1, 0.15) is 85.5 Å². The summed E-state index contributed by atoms with van der Waals surface area (Å²) in [6.07, 6.45) is -0.261. The lowest BCUT2D eigenvalue weighted by atomic mass is 9.77. The fourth-order valence-corrected chi connectivity index (χ4v) is 6.02. The molecule has 2 atom stereocenters. The molecular formula is C29H48N3O6P. The van der Waals surface area contributed by atoms with Crippen molar-refractivity contribution >= 4 is 20.6 Å². The highest BCUT2D eigenvalue weighted by Gasteiger charge is 2.30. The van der Waals surface area contributed by atoms with Gasteiger partial charge in [-0.3, -0.25) is 0 Å². The Morgan fingerprint density at radius 1 is 1.03 bits per heavy atom. The van der Waals surface area contributed by atoms with Gasteiger partial charge in [-0.25, -0.2) is 14.3 Å². The molecule has 0 saturated heterocycles. The van der Waals surface area contributed by atoms with Gasteiger partial charge in [-0.1, -0.05) is 52.8 Å². The van der Waals surface area contributed by atoms with Crippen molar-refractivity contribution in [1.82, 2.24) is 9.99 Å². The third-order valence-corrected chi connectivity index (χ3v) is 7.47. The molecule has 0 aliphatic heterocycles. The number of nitrogens with one attached hydrogen (secondary N) is 1. The van der Waals surface area contributed by atoms with E-state index in [1.54, 1.807) is 24.3 Å². The van der Waals surface area contributed by atoms with Crippen molar-refractivity contribution in [2.45, 2.75) is 93.3 Å². The van der Waals surface area contributed by atoms with E-state index in [1.165, 1.54) is 0 Å². The number of rotatable bonds is 16. The number of benzene rings is 1. The van der Waals surface area contributed by atoms with Gasteiger partial charge >= 0.3 is 12.1 Å². The lowest BCUT2D eigenvalue weighted by molar-refractivity contribution is 0.0139. The molecule has 0 bridgehead atoms. The van der Waals surface area contributed by atoms with Gasteiger partial charge in [0.1, 0.15) is 6.10 Å². The van der Waals surface area contributed by atoms with Crippen LogP contribution in [0, 0.1) is 22.2 Å². The Bertz CT molecular complexity index is 904. The number of carbonyl (C=O) groups excluding carboxylic acids is 2. The topological polar surface area (TPSA) is 110 Å². The standard InChI is InChI=1S/C29H48N3O6P/c1-22(2)32(23(3)4)39(36-17-13-16-30)37-19-25(38-26(33)24-14-11-10-12-15-24)18-31-27(34)35-21-29(8,9)20-28(5,6)7/h10-12,14-15,22-23,25H,13,17-21H2,1-9H3,(H,31,34)/t25-,39?/m1/s1. The average molecular weight is 566 g/mol. The second kappa shape index (κ2) is 16.8. The van der Waals surface area contributed by atoms with Crippen molar-refractivity contribution in [3.8, 4) is 6.07 Å². The zero-order valence-corrected chi connectivity index (χ0v) is 26.0. The monoisotopic (exact) mass is 565 g/mol. The van der Waals surface area contributed by atoms with Crippen LogP contribution < -0.4 is 5.32 Å². The van der Waals surface area contributed by atoms with Crippen LogP contribution in [0.5, 0.6) is 0 Å². The zero-order chi connectivity index (χ0) is 29.6. The number of hydrogen-bond acceptors (Lipinski definition) is 8. The van der Waals surface area contributed by atoms with Crippen LogP contribution in [-0.2, 0) is 18.5 Å². The van der Waals surface area contributed by atoms with Crippen LogP contribution in [0.4, 0.5) is 4.79 Å². The molecule has 220 valence electrons. The first kappa shape index (κ1) is 34.8. The second-order valence-corrected chi connectivity index (χ2v) is 13.5. The Labute approximate surface area is 236 Å². The number of hydrogen-bond donors (Lipinski definition) is 1. The first-order valence-electron chi connectivity index (χ1n) is 13.5. The summed E-state index contributed by atoms with van der Waals surface area (Å²) >= 11 is 0. The van der Waals surface area contributed by atoms with Crippen LogP contribution in [-0.4, -0.2) is 61.3 Å². The van der Waals surface area contributed by atoms with E-state index in [1.807, 2.05) is 33.8 Å². The molecule has 0 aliphatic carbocycles. The molecule has 0 fully saturated rings. The van der Waals surface area contributed by atoms with Gasteiger partial charge in [0.2, 0.25) is 0 Å². The summed E-state index contributed by atoms with van der Waals surface area (Å²) in [5, 5.41) is 11.7. The van der Waals surface area contributed by atoms with Gasteiger partial charge < -0.3 is 23.8 Å². The van der Waals surface area contributed by atoms with Gasteiger partial charge in [0, 0.05) is 12.1 Å². The molecule has 1 aromatic carbocycles. The predicted octanol–water partition coefficient (Wildman–Crippen LogP) is 6.69. The summed E-state index contributed by atoms with van der Waals surface area (Å²) in [5.74, 6) is -0.523. The van der Waals surface area contributed by atoms with Crippen molar-refractivity contribution in [3.63, 3.8) is 0 Å². The minimum Gasteiger partial charge on any atom is -0.454 e. The van der Waals surface area contributed by atoms with Crippen molar-refractivity contribution in [3.05, 3.63) is 35.9 Å². The highest BCUT2D eigenvalue weighted by Crippen LogP contribution is 2.46. The highest BCUT2D eigenvalue weighted by molar-refractivity contribution is 7.44. The van der Waals surface area contributed by atoms with Crippen LogP contribution in [0.2, 0.25) is 0 Å². The molecule has 0 heterocycles. The van der Waals surface area contributed by atoms with Gasteiger partial charge in [-0.15, -0.1) is 0 Å². The molecular weight excluding hydrogens is 517 g/mol. The molecule has 0 spiro atoms. The maximum Gasteiger partial charge on any atom is 0.407 e. The van der Waals surface area contributed by atoms with Crippen LogP contribution >= 0.6 is 8.53 Å². The lowest BCUT2D eigenvalue weighted by Crippen LogP contribution is -2.40. The Morgan fingerprint density at radius 3 is 2.18 bits per heavy atom. The summed E-state index contributed by atoms with van der Waals surface area (Å²) in [4.78, 5) is 25.3. The first-order valence-corrected chi connectivity index (χ1v) is 14.7. The van der Waals surface area contributed by atoms with Crippen molar-refractivity contribution in [2.24, 2.45) is 10.8 Å². The van der Waals surface area contributed by atoms with E-state index in [0.29, 0.717) is 5.56 Å². The summed E-state index contributed by atoms with van der Waals surface area (Å²) in [6.45, 7) is 19.2. The van der Waals surface area contributed by atoms with Gasteiger partial charge in [0.25, 0.3) is 8.53 Å². The number of esters is 1. The molecule has 9 nitrogen and oxygen atoms in total. The smallest absolute Gasteiger partial charge is 0.407 e. The second-order valence-electron chi connectivity index (χ2n) is 12.1. The number of nitriles is 1. The zero-order valence-electron chi connectivity index (χ0n) is 25.2. The summed E-state index contributed by atoms with van der Waals surface area (Å²) in [5.41, 5.74) is 0.309. The Kier molecular flexibility index (Phi) is 15.0. The molecule has 0 aromatic heterocycles. The van der Waals surface area contributed by atoms with Gasteiger partial charge in [0.15, 0.2) is 0 Å². The molecule has 0 aliphatic rings. The highest BCUT2D eigenvalue weighted by atomic mass is 31.2. The summed E-state index contributed by atoms with van der Waals surface area (Å²) < 4.78 is 25.4. The average Bonchev–Trinajstić information content (AvgIpc) is 2.82. The van der Waals surface area contributed by atoms with Gasteiger partial charge in [-0.05, 0) is 57.1 Å². The molecule has 0 radical (unpaired) electrons. The summed E-state index contributed by atoms with van der Waals surface area (Å²) in [6, 6.07) is 11.0. The van der Waals surface area contributed by atoms with E-state index in [4.69, 9.17) is 23.8 Å². The number of amides is 1. The van der Waals surface area contributed by atoms with Crippen molar-refractivity contribution in [1.29, 1.82) is 5.26 Å². The minimum atomic E-state index is -1.54. The van der Waals surface area contributed by atoms with Crippen LogP contribution in [0.15, 0.2) is 30.3 Å². The SMILES string of the molecule is CC(C)N(C(C)C)P(OCCC#N)OC[C@@H](CNC(=O)OCC(C)(C)CC(C)(C)C)OC(=O)c1ccccc1. The van der Waals surface area contributed by atoms with Crippen LogP contribution in [0.3, 0.4) is 0 Å². The molecule has 0 saturated carbocycles. The number of ether oxygens (including phenoxy) is 2. The van der Waals surface area contributed by atoms with Crippen molar-refractivity contribution in [2.75, 3.05) is 26.4 Å².